The Kier molecular flexibility index (Phi) is 4.99. The Bertz CT molecular complexity index is 801. The van der Waals surface area contributed by atoms with E-state index < -0.39 is 14.8 Å². The maximum atomic E-state index is 11.2. The highest BCUT2D eigenvalue weighted by molar-refractivity contribution is 7.90. The zero-order valence-electron chi connectivity index (χ0n) is 12.8. The molecule has 0 unspecified atom stereocenters. The summed E-state index contributed by atoms with van der Waals surface area (Å²) >= 11 is 0. The van der Waals surface area contributed by atoms with Gasteiger partial charge in [0.15, 0.2) is 0 Å². The van der Waals surface area contributed by atoms with E-state index in [1.807, 2.05) is 0 Å². The number of hydrogen-bond acceptors (Lipinski definition) is 6. The summed E-state index contributed by atoms with van der Waals surface area (Å²) in [5.41, 5.74) is 0.604. The summed E-state index contributed by atoms with van der Waals surface area (Å²) in [5, 5.41) is 18.4. The molecule has 0 bridgehead atoms. The molecule has 0 spiro atoms. The summed E-state index contributed by atoms with van der Waals surface area (Å²) in [6.07, 6.45) is 2.84. The molecule has 9 heteroatoms. The monoisotopic (exact) mass is 338 g/mol. The van der Waals surface area contributed by atoms with Crippen LogP contribution in [0.15, 0.2) is 36.5 Å². The van der Waals surface area contributed by atoms with Crippen LogP contribution in [0.5, 0.6) is 0 Å². The number of aromatic nitrogens is 2. The average Bonchev–Trinajstić information content (AvgIpc) is 2.92. The quantitative estimate of drug-likeness (QED) is 0.611. The van der Waals surface area contributed by atoms with Crippen molar-refractivity contribution in [3.63, 3.8) is 0 Å². The van der Waals surface area contributed by atoms with Crippen LogP contribution in [0.1, 0.15) is 18.5 Å². The molecule has 1 atom stereocenters. The van der Waals surface area contributed by atoms with Gasteiger partial charge in [-0.3, -0.25) is 14.8 Å². The number of nitrogens with zero attached hydrogens (tertiary/aromatic N) is 3. The van der Waals surface area contributed by atoms with E-state index in [4.69, 9.17) is 0 Å². The van der Waals surface area contributed by atoms with E-state index in [0.29, 0.717) is 11.4 Å². The van der Waals surface area contributed by atoms with E-state index >= 15 is 0 Å². The first kappa shape index (κ1) is 16.9. The zero-order chi connectivity index (χ0) is 17.0. The molecule has 0 fully saturated rings. The lowest BCUT2D eigenvalue weighted by atomic mass is 10.1. The van der Waals surface area contributed by atoms with E-state index in [2.05, 4.69) is 10.4 Å². The smallest absolute Gasteiger partial charge is 0.274 e. The van der Waals surface area contributed by atoms with Crippen LogP contribution in [0.4, 0.5) is 11.5 Å². The zero-order valence-corrected chi connectivity index (χ0v) is 13.7. The molecule has 23 heavy (non-hydrogen) atoms. The number of nitro benzene ring substituents is 1. The molecule has 0 radical (unpaired) electrons. The molecule has 0 aliphatic rings. The lowest BCUT2D eigenvalue weighted by Crippen LogP contribution is -2.13. The van der Waals surface area contributed by atoms with Gasteiger partial charge in [0.25, 0.3) is 5.69 Å². The molecule has 8 nitrogen and oxygen atoms in total. The number of rotatable bonds is 7. The Morgan fingerprint density at radius 3 is 2.70 bits per heavy atom. The van der Waals surface area contributed by atoms with E-state index in [1.54, 1.807) is 37.4 Å². The van der Waals surface area contributed by atoms with Crippen molar-refractivity contribution in [2.24, 2.45) is 0 Å². The summed E-state index contributed by atoms with van der Waals surface area (Å²) in [7, 11) is -3.05. The number of benzene rings is 1. The van der Waals surface area contributed by atoms with E-state index in [9.17, 15) is 18.5 Å². The van der Waals surface area contributed by atoms with Gasteiger partial charge in [0.2, 0.25) is 0 Å². The SMILES string of the molecule is C[C@@H](Nc1ccn(CCS(C)(=O)=O)n1)c1ccccc1[N+](=O)[O-]. The van der Waals surface area contributed by atoms with Crippen LogP contribution in [0, 0.1) is 10.1 Å². The van der Waals surface area contributed by atoms with Gasteiger partial charge >= 0.3 is 0 Å². The third-order valence-corrected chi connectivity index (χ3v) is 4.22. The third kappa shape index (κ3) is 4.78. The first-order chi connectivity index (χ1) is 10.8. The maximum Gasteiger partial charge on any atom is 0.274 e. The van der Waals surface area contributed by atoms with E-state index in [1.165, 1.54) is 17.0 Å². The van der Waals surface area contributed by atoms with Gasteiger partial charge in [-0.15, -0.1) is 0 Å². The average molecular weight is 338 g/mol. The molecular weight excluding hydrogens is 320 g/mol. The Balaban J connectivity index is 2.08. The second-order valence-corrected chi connectivity index (χ2v) is 7.54. The molecule has 0 saturated carbocycles. The molecule has 124 valence electrons. The Morgan fingerprint density at radius 2 is 2.04 bits per heavy atom. The number of anilines is 1. The van der Waals surface area contributed by atoms with Crippen molar-refractivity contribution in [2.45, 2.75) is 19.5 Å². The van der Waals surface area contributed by atoms with Crippen LogP contribution in [0.25, 0.3) is 0 Å². The Hall–Kier alpha value is -2.42. The molecule has 1 aromatic carbocycles. The van der Waals surface area contributed by atoms with Crippen molar-refractivity contribution in [1.29, 1.82) is 0 Å². The minimum Gasteiger partial charge on any atom is -0.362 e. The molecule has 0 aliphatic heterocycles. The summed E-state index contributed by atoms with van der Waals surface area (Å²) in [4.78, 5) is 10.6. The van der Waals surface area contributed by atoms with Gasteiger partial charge in [-0.25, -0.2) is 8.42 Å². The first-order valence-electron chi connectivity index (χ1n) is 6.97. The fourth-order valence-corrected chi connectivity index (χ4v) is 2.66. The highest BCUT2D eigenvalue weighted by Crippen LogP contribution is 2.26. The van der Waals surface area contributed by atoms with Crippen molar-refractivity contribution in [2.75, 3.05) is 17.3 Å². The van der Waals surface area contributed by atoms with Crippen LogP contribution < -0.4 is 5.32 Å². The van der Waals surface area contributed by atoms with Gasteiger partial charge in [0.1, 0.15) is 15.7 Å². The fourth-order valence-electron chi connectivity index (χ4n) is 2.14. The number of para-hydroxylation sites is 1. The second kappa shape index (κ2) is 6.78. The second-order valence-electron chi connectivity index (χ2n) is 5.28. The number of nitrogens with one attached hydrogen (secondary N) is 1. The van der Waals surface area contributed by atoms with Crippen LogP contribution in [-0.4, -0.2) is 35.1 Å². The summed E-state index contributed by atoms with van der Waals surface area (Å²) < 4.78 is 23.8. The summed E-state index contributed by atoms with van der Waals surface area (Å²) in [6, 6.07) is 7.90. The largest absolute Gasteiger partial charge is 0.362 e. The molecule has 0 saturated heterocycles. The molecule has 1 N–H and O–H groups in total. The van der Waals surface area contributed by atoms with Gasteiger partial charge in [-0.1, -0.05) is 18.2 Å². The standard InChI is InChI=1S/C14H18N4O4S/c1-11(12-5-3-4-6-13(12)18(19)20)15-14-7-8-17(16-14)9-10-23(2,21)22/h3-8,11H,9-10H2,1-2H3,(H,15,16)/t11-/m1/s1. The minimum absolute atomic E-state index is 0.00777. The van der Waals surface area contributed by atoms with Crippen LogP contribution >= 0.6 is 0 Å². The highest BCUT2D eigenvalue weighted by atomic mass is 32.2. The van der Waals surface area contributed by atoms with E-state index in [-0.39, 0.29) is 24.0 Å². The molecule has 2 rings (SSSR count). The van der Waals surface area contributed by atoms with Gasteiger partial charge in [-0.05, 0) is 6.92 Å². The number of hydrogen-bond donors (Lipinski definition) is 1. The molecule has 0 amide bonds. The Morgan fingerprint density at radius 1 is 1.35 bits per heavy atom. The van der Waals surface area contributed by atoms with Gasteiger partial charge in [-0.2, -0.15) is 5.10 Å². The van der Waals surface area contributed by atoms with Gasteiger partial charge < -0.3 is 5.32 Å². The predicted octanol–water partition coefficient (Wildman–Crippen LogP) is 2.01. The van der Waals surface area contributed by atoms with Crippen LogP contribution in [0.3, 0.4) is 0 Å². The third-order valence-electron chi connectivity index (χ3n) is 3.30. The Labute approximate surface area is 134 Å². The van der Waals surface area contributed by atoms with Crippen molar-refractivity contribution in [3.8, 4) is 0 Å². The highest BCUT2D eigenvalue weighted by Gasteiger charge is 2.18. The molecular formula is C14H18N4O4S. The number of aryl methyl sites for hydroxylation is 1. The lowest BCUT2D eigenvalue weighted by Gasteiger charge is -2.13. The van der Waals surface area contributed by atoms with Crippen LogP contribution in [0.2, 0.25) is 0 Å². The topological polar surface area (TPSA) is 107 Å². The predicted molar refractivity (Wildman–Crippen MR) is 87.1 cm³/mol. The van der Waals surface area contributed by atoms with Crippen molar-refractivity contribution >= 4 is 21.3 Å². The van der Waals surface area contributed by atoms with Gasteiger partial charge in [0.05, 0.1) is 28.8 Å². The summed E-state index contributed by atoms with van der Waals surface area (Å²) in [6.45, 7) is 2.07. The van der Waals surface area contributed by atoms with Crippen molar-refractivity contribution < 1.29 is 13.3 Å². The number of nitro groups is 1. The van der Waals surface area contributed by atoms with Gasteiger partial charge in [0, 0.05) is 24.6 Å². The van der Waals surface area contributed by atoms with Crippen molar-refractivity contribution in [3.05, 3.63) is 52.2 Å². The first-order valence-corrected chi connectivity index (χ1v) is 9.03. The normalized spacial score (nSPS) is 12.8. The fraction of sp³-hybridized carbons (Fsp3) is 0.357. The maximum absolute atomic E-state index is 11.2. The minimum atomic E-state index is -3.05. The lowest BCUT2D eigenvalue weighted by molar-refractivity contribution is -0.385. The van der Waals surface area contributed by atoms with Crippen LogP contribution in [-0.2, 0) is 16.4 Å². The molecule has 1 aromatic heterocycles. The summed E-state index contributed by atoms with van der Waals surface area (Å²) in [5.74, 6) is 0.539. The molecule has 1 heterocycles. The van der Waals surface area contributed by atoms with E-state index in [0.717, 1.165) is 0 Å². The van der Waals surface area contributed by atoms with Crippen molar-refractivity contribution in [1.82, 2.24) is 9.78 Å². The molecule has 0 aliphatic carbocycles. The molecule has 2 aromatic rings. The number of sulfone groups is 1.